The summed E-state index contributed by atoms with van der Waals surface area (Å²) in [5.74, 6) is -0.349. The molecule has 0 saturated heterocycles. The van der Waals surface area contributed by atoms with Gasteiger partial charge in [0, 0.05) is 5.69 Å². The molecule has 9 heteroatoms. The first-order valence-corrected chi connectivity index (χ1v) is 13.5. The number of ether oxygens (including phenoxy) is 2. The third-order valence-corrected chi connectivity index (χ3v) is 6.59. The minimum atomic E-state index is -3.83. The Morgan fingerprint density at radius 1 is 0.974 bits per heavy atom. The summed E-state index contributed by atoms with van der Waals surface area (Å²) in [6, 6.07) is 15.2. The third-order valence-electron chi connectivity index (χ3n) is 6.12. The second-order valence-corrected chi connectivity index (χ2v) is 10.6. The lowest BCUT2D eigenvalue weighted by Crippen LogP contribution is -2.12. The molecule has 0 radical (unpaired) electrons. The number of fused-ring (bicyclic) bond motifs is 1. The van der Waals surface area contributed by atoms with Crippen LogP contribution >= 0.6 is 0 Å². The van der Waals surface area contributed by atoms with E-state index in [-0.39, 0.29) is 29.6 Å². The van der Waals surface area contributed by atoms with Crippen LogP contribution in [-0.2, 0) is 14.9 Å². The number of aryl methyl sites for hydroxylation is 1. The molecule has 4 rings (SSSR count). The normalized spacial score (nSPS) is 13.9. The first-order valence-electron chi connectivity index (χ1n) is 11.7. The topological polar surface area (TPSA) is 90.9 Å². The van der Waals surface area contributed by atoms with Gasteiger partial charge in [-0.25, -0.2) is 4.39 Å². The zero-order valence-electron chi connectivity index (χ0n) is 21.7. The smallest absolute Gasteiger partial charge is 0.306 e. The SMILES string of the molecule is COc1cc(C=C2C(C)=C(CC(=O)Nc3cccc(C)c3)c3cc(F)ccc32)cc(OC)c1OS(C)(=O)=O. The van der Waals surface area contributed by atoms with Crippen molar-refractivity contribution in [2.45, 2.75) is 20.3 Å². The van der Waals surface area contributed by atoms with Crippen molar-refractivity contribution in [1.29, 1.82) is 0 Å². The van der Waals surface area contributed by atoms with Gasteiger partial charge in [-0.1, -0.05) is 18.2 Å². The summed E-state index contributed by atoms with van der Waals surface area (Å²) < 4.78 is 53.6. The van der Waals surface area contributed by atoms with Crippen molar-refractivity contribution in [1.82, 2.24) is 0 Å². The van der Waals surface area contributed by atoms with Crippen molar-refractivity contribution in [2.24, 2.45) is 0 Å². The maximum Gasteiger partial charge on any atom is 0.306 e. The molecule has 1 N–H and O–H groups in total. The van der Waals surface area contributed by atoms with Gasteiger partial charge in [0.15, 0.2) is 11.5 Å². The number of carbonyl (C=O) groups excluding carboxylic acids is 1. The monoisotopic (exact) mass is 537 g/mol. The van der Waals surface area contributed by atoms with Crippen molar-refractivity contribution in [3.05, 3.63) is 88.2 Å². The molecule has 0 bridgehead atoms. The van der Waals surface area contributed by atoms with Gasteiger partial charge in [0.2, 0.25) is 11.7 Å². The second-order valence-electron chi connectivity index (χ2n) is 8.99. The molecule has 0 aliphatic heterocycles. The van der Waals surface area contributed by atoms with E-state index >= 15 is 0 Å². The highest BCUT2D eigenvalue weighted by atomic mass is 32.2. The van der Waals surface area contributed by atoms with E-state index in [1.54, 1.807) is 18.2 Å². The van der Waals surface area contributed by atoms with Gasteiger partial charge in [-0.2, -0.15) is 8.42 Å². The molecule has 3 aromatic carbocycles. The Labute approximate surface area is 221 Å². The van der Waals surface area contributed by atoms with Gasteiger partial charge in [-0.05, 0) is 95.3 Å². The molecule has 3 aromatic rings. The van der Waals surface area contributed by atoms with E-state index in [9.17, 15) is 17.6 Å². The van der Waals surface area contributed by atoms with Crippen molar-refractivity contribution in [2.75, 3.05) is 25.8 Å². The Morgan fingerprint density at radius 2 is 1.66 bits per heavy atom. The third kappa shape index (κ3) is 5.89. The lowest BCUT2D eigenvalue weighted by Gasteiger charge is -2.14. The summed E-state index contributed by atoms with van der Waals surface area (Å²) in [6.07, 6.45) is 2.84. The van der Waals surface area contributed by atoms with E-state index in [0.29, 0.717) is 22.4 Å². The lowest BCUT2D eigenvalue weighted by molar-refractivity contribution is -0.115. The standard InChI is InChI=1S/C29H28FNO6S/c1-17-7-6-8-21(11-17)31-28(32)16-24-18(2)23(22-10-9-20(30)15-25(22)24)12-19-13-26(35-3)29(27(14-19)36-4)37-38(5,33)34/h6-15H,16H2,1-5H3,(H,31,32). The summed E-state index contributed by atoms with van der Waals surface area (Å²) in [7, 11) is -1.04. The number of allylic oxidation sites excluding steroid dienone is 2. The number of rotatable bonds is 8. The molecule has 0 spiro atoms. The molecule has 1 aliphatic carbocycles. The predicted octanol–water partition coefficient (Wildman–Crippen LogP) is 5.85. The second kappa shape index (κ2) is 10.7. The van der Waals surface area contributed by atoms with E-state index in [2.05, 4.69) is 5.32 Å². The van der Waals surface area contributed by atoms with E-state index < -0.39 is 15.9 Å². The first kappa shape index (κ1) is 26.9. The fraction of sp³-hybridized carbons (Fsp3) is 0.207. The maximum absolute atomic E-state index is 14.3. The van der Waals surface area contributed by atoms with Crippen LogP contribution in [0.25, 0.3) is 17.2 Å². The minimum Gasteiger partial charge on any atom is -0.493 e. The maximum atomic E-state index is 14.3. The van der Waals surface area contributed by atoms with Crippen molar-refractivity contribution in [3.63, 3.8) is 0 Å². The molecule has 0 aromatic heterocycles. The van der Waals surface area contributed by atoms with Crippen LogP contribution in [-0.4, -0.2) is 34.8 Å². The van der Waals surface area contributed by atoms with Crippen LogP contribution < -0.4 is 19.0 Å². The van der Waals surface area contributed by atoms with Crippen LogP contribution in [0, 0.1) is 12.7 Å². The van der Waals surface area contributed by atoms with Gasteiger partial charge >= 0.3 is 10.1 Å². The number of anilines is 1. The Hall–Kier alpha value is -4.11. The molecule has 1 aliphatic rings. The predicted molar refractivity (Wildman–Crippen MR) is 146 cm³/mol. The van der Waals surface area contributed by atoms with Gasteiger partial charge in [-0.3, -0.25) is 4.79 Å². The van der Waals surface area contributed by atoms with Crippen LogP contribution in [0.15, 0.2) is 60.2 Å². The number of benzene rings is 3. The lowest BCUT2D eigenvalue weighted by atomic mass is 10.00. The van der Waals surface area contributed by atoms with Crippen LogP contribution in [0.1, 0.15) is 35.6 Å². The number of nitrogens with one attached hydrogen (secondary N) is 1. The minimum absolute atomic E-state index is 0.0569. The summed E-state index contributed by atoms with van der Waals surface area (Å²) in [4.78, 5) is 12.9. The number of carbonyl (C=O) groups is 1. The quantitative estimate of drug-likeness (QED) is 0.363. The fourth-order valence-electron chi connectivity index (χ4n) is 4.45. The molecule has 7 nitrogen and oxygen atoms in total. The summed E-state index contributed by atoms with van der Waals surface area (Å²) >= 11 is 0. The highest BCUT2D eigenvalue weighted by Crippen LogP contribution is 2.45. The van der Waals surface area contributed by atoms with E-state index in [1.807, 2.05) is 44.2 Å². The first-order chi connectivity index (χ1) is 18.0. The number of methoxy groups -OCH3 is 2. The Balaban J connectivity index is 1.76. The summed E-state index contributed by atoms with van der Waals surface area (Å²) in [6.45, 7) is 3.83. The molecule has 0 unspecified atom stereocenters. The number of amides is 1. The molecule has 1 amide bonds. The van der Waals surface area contributed by atoms with Crippen LogP contribution in [0.2, 0.25) is 0 Å². The molecule has 0 heterocycles. The number of hydrogen-bond acceptors (Lipinski definition) is 6. The van der Waals surface area contributed by atoms with E-state index in [4.69, 9.17) is 13.7 Å². The number of hydrogen-bond donors (Lipinski definition) is 1. The average molecular weight is 538 g/mol. The van der Waals surface area contributed by atoms with Gasteiger partial charge in [0.1, 0.15) is 5.82 Å². The van der Waals surface area contributed by atoms with Gasteiger partial charge in [0.05, 0.1) is 26.9 Å². The van der Waals surface area contributed by atoms with E-state index in [0.717, 1.165) is 28.5 Å². The van der Waals surface area contributed by atoms with E-state index in [1.165, 1.54) is 26.4 Å². The Morgan fingerprint density at radius 3 is 2.26 bits per heavy atom. The van der Waals surface area contributed by atoms with Gasteiger partial charge in [0.25, 0.3) is 0 Å². The molecule has 0 saturated carbocycles. The number of halogens is 1. The molecule has 198 valence electrons. The summed E-state index contributed by atoms with van der Waals surface area (Å²) in [5.41, 5.74) is 6.09. The van der Waals surface area contributed by atoms with Crippen LogP contribution in [0.4, 0.5) is 10.1 Å². The average Bonchev–Trinajstić information content (AvgIpc) is 3.08. The van der Waals surface area contributed by atoms with Crippen molar-refractivity contribution >= 4 is 38.9 Å². The van der Waals surface area contributed by atoms with Crippen molar-refractivity contribution < 1.29 is 31.3 Å². The largest absolute Gasteiger partial charge is 0.493 e. The van der Waals surface area contributed by atoms with Crippen LogP contribution in [0.3, 0.4) is 0 Å². The highest BCUT2D eigenvalue weighted by Gasteiger charge is 2.26. The molecule has 0 fully saturated rings. The van der Waals surface area contributed by atoms with Crippen LogP contribution in [0.5, 0.6) is 17.2 Å². The Bertz CT molecular complexity index is 1570. The van der Waals surface area contributed by atoms with Gasteiger partial charge < -0.3 is 19.0 Å². The zero-order chi connectivity index (χ0) is 27.6. The molecule has 38 heavy (non-hydrogen) atoms. The molecule has 0 atom stereocenters. The molecular weight excluding hydrogens is 509 g/mol. The fourth-order valence-corrected chi connectivity index (χ4v) is 4.92. The highest BCUT2D eigenvalue weighted by molar-refractivity contribution is 7.86. The Kier molecular flexibility index (Phi) is 7.59. The van der Waals surface area contributed by atoms with Crippen molar-refractivity contribution in [3.8, 4) is 17.2 Å². The molecular formula is C29H28FNO6S. The summed E-state index contributed by atoms with van der Waals surface area (Å²) in [5, 5.41) is 2.91. The van der Waals surface area contributed by atoms with Gasteiger partial charge in [-0.15, -0.1) is 0 Å². The zero-order valence-corrected chi connectivity index (χ0v) is 22.5.